The van der Waals surface area contributed by atoms with Gasteiger partial charge in [0.1, 0.15) is 19.8 Å². The number of fused-ring (bicyclic) bond motifs is 2. The molecule has 0 spiro atoms. The second-order valence-electron chi connectivity index (χ2n) is 6.02. The lowest BCUT2D eigenvalue weighted by molar-refractivity contribution is -0.385. The zero-order chi connectivity index (χ0) is 20.3. The molecule has 1 aliphatic rings. The average Bonchev–Trinajstić information content (AvgIpc) is 2.73. The van der Waals surface area contributed by atoms with Crippen LogP contribution in [0.25, 0.3) is 0 Å². The quantitative estimate of drug-likeness (QED) is 0.527. The van der Waals surface area contributed by atoms with Gasteiger partial charge in [0, 0.05) is 12.7 Å². The van der Waals surface area contributed by atoms with E-state index in [-0.39, 0.29) is 38.1 Å². The SMILES string of the molecule is O=[N+]([O-])c1ccc2c(c1)OCCOCCCOCOc1ccccc1OCCO2. The van der Waals surface area contributed by atoms with Gasteiger partial charge in [0.2, 0.25) is 0 Å². The number of nitro groups is 1. The molecule has 3 rings (SSSR count). The second-order valence-corrected chi connectivity index (χ2v) is 6.02. The lowest BCUT2D eigenvalue weighted by atomic mass is 10.3. The largest absolute Gasteiger partial charge is 0.487 e. The number of ether oxygens (including phenoxy) is 6. The molecule has 29 heavy (non-hydrogen) atoms. The fourth-order valence-corrected chi connectivity index (χ4v) is 2.57. The average molecular weight is 405 g/mol. The summed E-state index contributed by atoms with van der Waals surface area (Å²) < 4.78 is 33.6. The second kappa shape index (κ2) is 11.1. The Morgan fingerprint density at radius 1 is 0.690 bits per heavy atom. The first-order valence-corrected chi connectivity index (χ1v) is 9.28. The number of nitro benzene ring substituents is 1. The summed E-state index contributed by atoms with van der Waals surface area (Å²) in [6.45, 7) is 2.16. The van der Waals surface area contributed by atoms with E-state index in [1.54, 1.807) is 12.1 Å². The molecule has 0 amide bonds. The molecule has 2 aromatic carbocycles. The Hall–Kier alpha value is -3.04. The van der Waals surface area contributed by atoms with Crippen LogP contribution >= 0.6 is 0 Å². The van der Waals surface area contributed by atoms with Gasteiger partial charge in [-0.15, -0.1) is 0 Å². The van der Waals surface area contributed by atoms with E-state index in [9.17, 15) is 10.1 Å². The van der Waals surface area contributed by atoms with Gasteiger partial charge < -0.3 is 28.4 Å². The molecule has 1 aliphatic heterocycles. The molecule has 9 nitrogen and oxygen atoms in total. The molecule has 0 saturated heterocycles. The monoisotopic (exact) mass is 405 g/mol. The van der Waals surface area contributed by atoms with E-state index in [1.165, 1.54) is 18.2 Å². The predicted octanol–water partition coefficient (Wildman–Crippen LogP) is 3.20. The van der Waals surface area contributed by atoms with Crippen LogP contribution in [0.2, 0.25) is 0 Å². The summed E-state index contributed by atoms with van der Waals surface area (Å²) in [7, 11) is 0. The van der Waals surface area contributed by atoms with Gasteiger partial charge in [-0.05, 0) is 24.6 Å². The maximum Gasteiger partial charge on any atom is 0.273 e. The molecule has 0 bridgehead atoms. The molecule has 0 atom stereocenters. The van der Waals surface area contributed by atoms with Crippen LogP contribution < -0.4 is 18.9 Å². The lowest BCUT2D eigenvalue weighted by Gasteiger charge is -2.15. The van der Waals surface area contributed by atoms with Gasteiger partial charge >= 0.3 is 0 Å². The van der Waals surface area contributed by atoms with Gasteiger partial charge in [-0.3, -0.25) is 10.1 Å². The van der Waals surface area contributed by atoms with Gasteiger partial charge in [-0.2, -0.15) is 0 Å². The summed E-state index contributed by atoms with van der Waals surface area (Å²) in [4.78, 5) is 10.6. The van der Waals surface area contributed by atoms with Crippen molar-refractivity contribution in [1.82, 2.24) is 0 Å². The van der Waals surface area contributed by atoms with Crippen LogP contribution in [-0.2, 0) is 9.47 Å². The van der Waals surface area contributed by atoms with E-state index in [0.717, 1.165) is 0 Å². The number of non-ortho nitro benzene ring substituents is 1. The topological polar surface area (TPSA) is 98.5 Å². The fourth-order valence-electron chi connectivity index (χ4n) is 2.57. The maximum absolute atomic E-state index is 11.0. The van der Waals surface area contributed by atoms with Gasteiger partial charge in [-0.25, -0.2) is 0 Å². The fraction of sp³-hybridized carbons (Fsp3) is 0.400. The highest BCUT2D eigenvalue weighted by Crippen LogP contribution is 2.32. The van der Waals surface area contributed by atoms with E-state index >= 15 is 0 Å². The first-order chi connectivity index (χ1) is 14.2. The molecule has 0 unspecified atom stereocenters. The highest BCUT2D eigenvalue weighted by atomic mass is 16.7. The molecular formula is C20H23NO8. The number of nitrogens with zero attached hydrogens (tertiary/aromatic N) is 1. The number of rotatable bonds is 1. The first-order valence-electron chi connectivity index (χ1n) is 9.28. The van der Waals surface area contributed by atoms with E-state index in [2.05, 4.69) is 0 Å². The molecule has 0 radical (unpaired) electrons. The molecule has 0 fully saturated rings. The van der Waals surface area contributed by atoms with Gasteiger partial charge in [0.05, 0.1) is 24.2 Å². The van der Waals surface area contributed by atoms with E-state index in [4.69, 9.17) is 28.4 Å². The van der Waals surface area contributed by atoms with Crippen molar-refractivity contribution in [2.75, 3.05) is 46.4 Å². The number of benzene rings is 2. The molecule has 0 aliphatic carbocycles. The maximum atomic E-state index is 11.0. The minimum absolute atomic E-state index is 0.0742. The van der Waals surface area contributed by atoms with Crippen molar-refractivity contribution in [3.05, 3.63) is 52.6 Å². The highest BCUT2D eigenvalue weighted by Gasteiger charge is 2.14. The third kappa shape index (κ3) is 6.51. The van der Waals surface area contributed by atoms with Crippen molar-refractivity contribution in [3.63, 3.8) is 0 Å². The summed E-state index contributed by atoms with van der Waals surface area (Å²) in [5.41, 5.74) is -0.0742. The standard InChI is InChI=1S/C20H23NO8/c22-21(23)16-6-7-19-20(14-16)28-11-10-24-8-3-9-25-15-29-18-5-2-1-4-17(18)26-12-13-27-19/h1-2,4-7,14H,3,8-13,15H2. The van der Waals surface area contributed by atoms with Crippen molar-refractivity contribution in [1.29, 1.82) is 0 Å². The van der Waals surface area contributed by atoms with Crippen molar-refractivity contribution < 1.29 is 33.3 Å². The van der Waals surface area contributed by atoms with Gasteiger partial charge in [0.25, 0.3) is 5.69 Å². The van der Waals surface area contributed by atoms with Crippen LogP contribution in [-0.4, -0.2) is 51.4 Å². The van der Waals surface area contributed by atoms with Crippen LogP contribution in [0.1, 0.15) is 6.42 Å². The van der Waals surface area contributed by atoms with E-state index in [1.807, 2.05) is 12.1 Å². The molecule has 0 saturated carbocycles. The molecule has 9 heteroatoms. The van der Waals surface area contributed by atoms with Crippen molar-refractivity contribution >= 4 is 5.69 Å². The Morgan fingerprint density at radius 2 is 1.31 bits per heavy atom. The minimum Gasteiger partial charge on any atom is -0.487 e. The molecule has 1 heterocycles. The number of hydrogen-bond acceptors (Lipinski definition) is 8. The van der Waals surface area contributed by atoms with Crippen molar-refractivity contribution in [3.8, 4) is 23.0 Å². The van der Waals surface area contributed by atoms with Crippen LogP contribution in [0.3, 0.4) is 0 Å². The zero-order valence-electron chi connectivity index (χ0n) is 15.9. The Bertz CT molecular complexity index is 798. The summed E-state index contributed by atoms with van der Waals surface area (Å²) in [6, 6.07) is 11.5. The molecular weight excluding hydrogens is 382 g/mol. The third-order valence-electron chi connectivity index (χ3n) is 3.95. The van der Waals surface area contributed by atoms with Crippen LogP contribution in [0.5, 0.6) is 23.0 Å². The zero-order valence-corrected chi connectivity index (χ0v) is 15.9. The van der Waals surface area contributed by atoms with E-state index < -0.39 is 4.92 Å². The van der Waals surface area contributed by atoms with Crippen LogP contribution in [0, 0.1) is 10.1 Å². The summed E-state index contributed by atoms with van der Waals surface area (Å²) >= 11 is 0. The summed E-state index contributed by atoms with van der Waals surface area (Å²) in [6.07, 6.45) is 0.701. The number of para-hydroxylation sites is 2. The van der Waals surface area contributed by atoms with Gasteiger partial charge in [-0.1, -0.05) is 12.1 Å². The van der Waals surface area contributed by atoms with Crippen molar-refractivity contribution in [2.45, 2.75) is 6.42 Å². The molecule has 0 N–H and O–H groups in total. The normalized spacial score (nSPS) is 16.3. The third-order valence-corrected chi connectivity index (χ3v) is 3.95. The van der Waals surface area contributed by atoms with E-state index in [0.29, 0.717) is 43.5 Å². The minimum atomic E-state index is -0.480. The Labute approximate surface area is 168 Å². The van der Waals surface area contributed by atoms with Gasteiger partial charge in [0.15, 0.2) is 29.8 Å². The predicted molar refractivity (Wildman–Crippen MR) is 103 cm³/mol. The first kappa shape index (κ1) is 20.7. The number of hydrogen-bond donors (Lipinski definition) is 0. The molecule has 0 aromatic heterocycles. The summed E-state index contributed by atoms with van der Waals surface area (Å²) in [5.74, 6) is 1.84. The molecule has 2 aromatic rings. The van der Waals surface area contributed by atoms with Crippen LogP contribution in [0.15, 0.2) is 42.5 Å². The lowest BCUT2D eigenvalue weighted by Crippen LogP contribution is -2.13. The highest BCUT2D eigenvalue weighted by molar-refractivity contribution is 5.48. The Kier molecular flexibility index (Phi) is 7.90. The van der Waals surface area contributed by atoms with Crippen molar-refractivity contribution in [2.24, 2.45) is 0 Å². The summed E-state index contributed by atoms with van der Waals surface area (Å²) in [5, 5.41) is 11.0. The van der Waals surface area contributed by atoms with Crippen LogP contribution in [0.4, 0.5) is 5.69 Å². The Morgan fingerprint density at radius 3 is 2.07 bits per heavy atom. The smallest absolute Gasteiger partial charge is 0.273 e. The Balaban J connectivity index is 1.69. The molecule has 156 valence electrons.